The molecule has 1 atom stereocenters. The number of hydrogen-bond donors (Lipinski definition) is 0. The largest absolute Gasteiger partial charge is 0.469 e. The number of aryl methyl sites for hydroxylation is 1. The molecule has 1 aromatic heterocycles. The average molecular weight is 300 g/mol. The van der Waals surface area contributed by atoms with E-state index in [0.717, 1.165) is 20.9 Å². The summed E-state index contributed by atoms with van der Waals surface area (Å²) in [7, 11) is 1.37. The quantitative estimate of drug-likeness (QED) is 0.797. The number of thiophene rings is 1. The molecule has 0 fully saturated rings. The van der Waals surface area contributed by atoms with Crippen LogP contribution in [0.5, 0.6) is 0 Å². The molecule has 1 aliphatic rings. The number of carbonyl (C=O) groups is 2. The number of esters is 1. The Kier molecular flexibility index (Phi) is 3.64. The minimum Gasteiger partial charge on any atom is -0.469 e. The van der Waals surface area contributed by atoms with Crippen LogP contribution in [0.25, 0.3) is 10.4 Å². The summed E-state index contributed by atoms with van der Waals surface area (Å²) in [6.07, 6.45) is 0.679. The molecule has 0 amide bonds. The standard InChI is InChI=1S/C17H16O3S/c1-10-3-5-11(6-4-10)15-8-12-7-13(18)9-14(16(12)21-15)17(19)20-2/h3-6,8,14H,7,9H2,1-2H3. The molecule has 21 heavy (non-hydrogen) atoms. The van der Waals surface area contributed by atoms with Crippen molar-refractivity contribution in [3.05, 3.63) is 46.3 Å². The Morgan fingerprint density at radius 1 is 1.29 bits per heavy atom. The Balaban J connectivity index is 2.03. The van der Waals surface area contributed by atoms with Crippen molar-refractivity contribution in [1.82, 2.24) is 0 Å². The highest BCUT2D eigenvalue weighted by Gasteiger charge is 2.33. The molecule has 0 N–H and O–H groups in total. The maximum absolute atomic E-state index is 11.9. The smallest absolute Gasteiger partial charge is 0.314 e. The molecule has 1 heterocycles. The summed E-state index contributed by atoms with van der Waals surface area (Å²) in [5.74, 6) is -0.650. The second-order valence-electron chi connectivity index (χ2n) is 5.36. The predicted molar refractivity (Wildman–Crippen MR) is 82.6 cm³/mol. The van der Waals surface area contributed by atoms with Gasteiger partial charge in [0, 0.05) is 22.6 Å². The number of methoxy groups -OCH3 is 1. The van der Waals surface area contributed by atoms with Crippen molar-refractivity contribution in [1.29, 1.82) is 0 Å². The van der Waals surface area contributed by atoms with Crippen molar-refractivity contribution in [3.63, 3.8) is 0 Å². The minimum atomic E-state index is -0.435. The second-order valence-corrected chi connectivity index (χ2v) is 6.45. The number of Topliss-reactive ketones (excluding diaryl/α,β-unsaturated/α-hetero) is 1. The number of hydrogen-bond acceptors (Lipinski definition) is 4. The summed E-state index contributed by atoms with van der Waals surface area (Å²) in [6, 6.07) is 10.3. The van der Waals surface area contributed by atoms with E-state index in [1.807, 2.05) is 6.07 Å². The Hall–Kier alpha value is -1.94. The first kappa shape index (κ1) is 14.0. The topological polar surface area (TPSA) is 43.4 Å². The van der Waals surface area contributed by atoms with E-state index in [1.54, 1.807) is 11.3 Å². The second kappa shape index (κ2) is 5.45. The average Bonchev–Trinajstić information content (AvgIpc) is 2.89. The van der Waals surface area contributed by atoms with Crippen molar-refractivity contribution in [2.24, 2.45) is 0 Å². The number of carbonyl (C=O) groups excluding carboxylic acids is 2. The Morgan fingerprint density at radius 2 is 2.00 bits per heavy atom. The molecule has 2 aromatic rings. The summed E-state index contributed by atoms with van der Waals surface area (Å²) in [5, 5.41) is 0. The van der Waals surface area contributed by atoms with Crippen LogP contribution in [-0.4, -0.2) is 18.9 Å². The third kappa shape index (κ3) is 2.63. The highest BCUT2D eigenvalue weighted by molar-refractivity contribution is 7.16. The van der Waals surface area contributed by atoms with Crippen molar-refractivity contribution < 1.29 is 14.3 Å². The number of ketones is 1. The molecular weight excluding hydrogens is 284 g/mol. The predicted octanol–water partition coefficient (Wildman–Crippen LogP) is 3.50. The van der Waals surface area contributed by atoms with Crippen molar-refractivity contribution >= 4 is 23.1 Å². The summed E-state index contributed by atoms with van der Waals surface area (Å²) in [4.78, 5) is 25.8. The lowest BCUT2D eigenvalue weighted by Crippen LogP contribution is -2.23. The molecule has 108 valence electrons. The van der Waals surface area contributed by atoms with Crippen molar-refractivity contribution in [2.75, 3.05) is 7.11 Å². The van der Waals surface area contributed by atoms with Crippen LogP contribution in [0.4, 0.5) is 0 Å². The first-order chi connectivity index (χ1) is 10.1. The molecule has 4 heteroatoms. The molecule has 3 rings (SSSR count). The van der Waals surface area contributed by atoms with Crippen LogP contribution in [0.15, 0.2) is 30.3 Å². The molecule has 0 radical (unpaired) electrons. The van der Waals surface area contributed by atoms with Gasteiger partial charge in [0.15, 0.2) is 0 Å². The lowest BCUT2D eigenvalue weighted by Gasteiger charge is -2.18. The summed E-state index contributed by atoms with van der Waals surface area (Å²) in [6.45, 7) is 2.05. The maximum Gasteiger partial charge on any atom is 0.314 e. The monoisotopic (exact) mass is 300 g/mol. The van der Waals surface area contributed by atoms with Crippen LogP contribution < -0.4 is 0 Å². The van der Waals surface area contributed by atoms with Gasteiger partial charge in [0.2, 0.25) is 0 Å². The lowest BCUT2D eigenvalue weighted by atomic mass is 9.88. The van der Waals surface area contributed by atoms with Crippen LogP contribution in [0.3, 0.4) is 0 Å². The molecule has 0 aliphatic heterocycles. The van der Waals surface area contributed by atoms with Gasteiger partial charge in [-0.15, -0.1) is 11.3 Å². The first-order valence-electron chi connectivity index (χ1n) is 6.87. The number of fused-ring (bicyclic) bond motifs is 1. The zero-order chi connectivity index (χ0) is 15.0. The SMILES string of the molecule is COC(=O)C1CC(=O)Cc2cc(-c3ccc(C)cc3)sc21. The maximum atomic E-state index is 11.9. The van der Waals surface area contributed by atoms with E-state index < -0.39 is 5.92 Å². The third-order valence-corrected chi connectivity index (χ3v) is 5.14. The first-order valence-corrected chi connectivity index (χ1v) is 7.69. The third-order valence-electron chi connectivity index (χ3n) is 3.80. The van der Waals surface area contributed by atoms with Crippen LogP contribution in [0.2, 0.25) is 0 Å². The highest BCUT2D eigenvalue weighted by Crippen LogP contribution is 2.41. The van der Waals surface area contributed by atoms with E-state index in [1.165, 1.54) is 12.7 Å². The normalized spacial score (nSPS) is 17.4. The van der Waals surface area contributed by atoms with Gasteiger partial charge in [0.05, 0.1) is 13.0 Å². The van der Waals surface area contributed by atoms with Crippen LogP contribution in [-0.2, 0) is 20.7 Å². The molecule has 1 aromatic carbocycles. The molecule has 0 saturated carbocycles. The van der Waals surface area contributed by atoms with Gasteiger partial charge < -0.3 is 4.74 Å². The van der Waals surface area contributed by atoms with E-state index >= 15 is 0 Å². The van der Waals surface area contributed by atoms with E-state index in [-0.39, 0.29) is 18.2 Å². The Bertz CT molecular complexity index is 697. The van der Waals surface area contributed by atoms with Gasteiger partial charge in [-0.3, -0.25) is 9.59 Å². The lowest BCUT2D eigenvalue weighted by molar-refractivity contribution is -0.144. The van der Waals surface area contributed by atoms with Gasteiger partial charge in [-0.1, -0.05) is 29.8 Å². The summed E-state index contributed by atoms with van der Waals surface area (Å²) in [5.41, 5.74) is 3.31. The molecular formula is C17H16O3S. The van der Waals surface area contributed by atoms with Crippen molar-refractivity contribution in [3.8, 4) is 10.4 Å². The molecule has 0 spiro atoms. The fraction of sp³-hybridized carbons (Fsp3) is 0.294. The Labute approximate surface area is 127 Å². The van der Waals surface area contributed by atoms with Crippen molar-refractivity contribution in [2.45, 2.75) is 25.7 Å². The zero-order valence-corrected chi connectivity index (χ0v) is 12.8. The highest BCUT2D eigenvalue weighted by atomic mass is 32.1. The molecule has 0 bridgehead atoms. The van der Waals surface area contributed by atoms with Gasteiger partial charge in [0.25, 0.3) is 0 Å². The number of benzene rings is 1. The van der Waals surface area contributed by atoms with E-state index in [0.29, 0.717) is 6.42 Å². The van der Waals surface area contributed by atoms with Crippen LogP contribution >= 0.6 is 11.3 Å². The van der Waals surface area contributed by atoms with E-state index in [4.69, 9.17) is 4.74 Å². The van der Waals surface area contributed by atoms with Gasteiger partial charge in [-0.25, -0.2) is 0 Å². The summed E-state index contributed by atoms with van der Waals surface area (Å²) >= 11 is 1.60. The van der Waals surface area contributed by atoms with Gasteiger partial charge in [-0.2, -0.15) is 0 Å². The number of rotatable bonds is 2. The fourth-order valence-electron chi connectivity index (χ4n) is 2.67. The minimum absolute atomic E-state index is 0.103. The van der Waals surface area contributed by atoms with Gasteiger partial charge in [0.1, 0.15) is 5.78 Å². The van der Waals surface area contributed by atoms with Crippen LogP contribution in [0, 0.1) is 6.92 Å². The van der Waals surface area contributed by atoms with Gasteiger partial charge in [-0.05, 0) is 24.1 Å². The fourth-order valence-corrected chi connectivity index (χ4v) is 3.95. The molecule has 0 saturated heterocycles. The van der Waals surface area contributed by atoms with E-state index in [2.05, 4.69) is 31.2 Å². The zero-order valence-electron chi connectivity index (χ0n) is 12.0. The van der Waals surface area contributed by atoms with Crippen LogP contribution in [0.1, 0.15) is 28.3 Å². The summed E-state index contributed by atoms with van der Waals surface area (Å²) < 4.78 is 4.84. The van der Waals surface area contributed by atoms with E-state index in [9.17, 15) is 9.59 Å². The Morgan fingerprint density at radius 3 is 2.67 bits per heavy atom. The van der Waals surface area contributed by atoms with Gasteiger partial charge >= 0.3 is 5.97 Å². The molecule has 3 nitrogen and oxygen atoms in total. The molecule has 1 aliphatic carbocycles. The number of ether oxygens (including phenoxy) is 1. The molecule has 1 unspecified atom stereocenters.